The van der Waals surface area contributed by atoms with E-state index in [1.165, 1.54) is 7.11 Å². The first kappa shape index (κ1) is 20.6. The monoisotopic (exact) mass is 388 g/mol. The quantitative estimate of drug-likeness (QED) is 0.352. The molecule has 1 amide bonds. The van der Waals surface area contributed by atoms with Crippen molar-refractivity contribution in [1.29, 1.82) is 0 Å². The maximum absolute atomic E-state index is 11.5. The van der Waals surface area contributed by atoms with Gasteiger partial charge in [0, 0.05) is 13.0 Å². The van der Waals surface area contributed by atoms with Crippen molar-refractivity contribution in [1.82, 2.24) is 4.98 Å². The molecule has 0 spiro atoms. The van der Waals surface area contributed by atoms with E-state index in [9.17, 15) is 9.59 Å². The van der Waals surface area contributed by atoms with Crippen LogP contribution in [-0.4, -0.2) is 37.5 Å². The van der Waals surface area contributed by atoms with Gasteiger partial charge in [0.15, 0.2) is 11.6 Å². The van der Waals surface area contributed by atoms with E-state index in [-0.39, 0.29) is 31.5 Å². The first-order valence-corrected chi connectivity index (χ1v) is 8.14. The Morgan fingerprint density at radius 1 is 1.14 bits per heavy atom. The zero-order valence-electron chi connectivity index (χ0n) is 15.1. The number of methoxy groups -OCH3 is 1. The lowest BCUT2D eigenvalue weighted by molar-refractivity contribution is -0.116. The molecule has 0 aliphatic rings. The van der Waals surface area contributed by atoms with Gasteiger partial charge >= 0.3 is 6.16 Å². The summed E-state index contributed by atoms with van der Waals surface area (Å²) in [7, 11) is 1.19. The fourth-order valence-corrected chi connectivity index (χ4v) is 1.93. The van der Waals surface area contributed by atoms with Gasteiger partial charge in [-0.2, -0.15) is 0 Å². The van der Waals surface area contributed by atoms with E-state index in [0.29, 0.717) is 22.9 Å². The molecule has 148 valence electrons. The zero-order valence-corrected chi connectivity index (χ0v) is 15.1. The van der Waals surface area contributed by atoms with Crippen LogP contribution in [0.15, 0.2) is 46.6 Å². The summed E-state index contributed by atoms with van der Waals surface area (Å²) in [5.74, 6) is 0.455. The first-order valence-electron chi connectivity index (χ1n) is 8.14. The van der Waals surface area contributed by atoms with Gasteiger partial charge in [0.05, 0.1) is 7.11 Å². The number of azo groups is 1. The highest BCUT2D eigenvalue weighted by atomic mass is 16.8. The van der Waals surface area contributed by atoms with Gasteiger partial charge < -0.3 is 31.0 Å². The van der Waals surface area contributed by atoms with Gasteiger partial charge in [-0.25, -0.2) is 9.78 Å². The van der Waals surface area contributed by atoms with Crippen LogP contribution in [0.1, 0.15) is 6.42 Å². The Hall–Kier alpha value is -3.73. The summed E-state index contributed by atoms with van der Waals surface area (Å²) in [6.07, 6.45) is -0.684. The minimum Gasteiger partial charge on any atom is -0.455 e. The maximum atomic E-state index is 11.5. The highest BCUT2D eigenvalue weighted by Crippen LogP contribution is 2.30. The number of rotatable bonds is 8. The van der Waals surface area contributed by atoms with Crippen molar-refractivity contribution in [2.24, 2.45) is 16.0 Å². The third kappa shape index (κ3) is 6.21. The van der Waals surface area contributed by atoms with Crippen LogP contribution in [0.2, 0.25) is 0 Å². The Bertz CT molecular complexity index is 858. The Kier molecular flexibility index (Phi) is 7.66. The average Bonchev–Trinajstić information content (AvgIpc) is 2.68. The van der Waals surface area contributed by atoms with E-state index in [1.807, 2.05) is 0 Å². The lowest BCUT2D eigenvalue weighted by atomic mass is 10.3. The molecule has 1 aromatic carbocycles. The number of nitrogens with zero attached hydrogens (tertiary/aromatic N) is 3. The molecule has 0 unspecified atom stereocenters. The van der Waals surface area contributed by atoms with Crippen molar-refractivity contribution in [2.75, 3.05) is 31.5 Å². The normalized spacial score (nSPS) is 10.5. The summed E-state index contributed by atoms with van der Waals surface area (Å²) in [6, 6.07) is 9.86. The predicted molar refractivity (Wildman–Crippen MR) is 101 cm³/mol. The van der Waals surface area contributed by atoms with Gasteiger partial charge in [-0.15, -0.1) is 10.2 Å². The predicted octanol–water partition coefficient (Wildman–Crippen LogP) is 2.49. The SMILES string of the molecule is COC(=O)OCOc1ccccc1/N=N/c1ccc(NC(=O)CCN)nc1N. The number of aromatic nitrogens is 1. The van der Waals surface area contributed by atoms with Crippen molar-refractivity contribution in [3.63, 3.8) is 0 Å². The molecule has 0 aliphatic heterocycles. The third-order valence-electron chi connectivity index (χ3n) is 3.23. The second-order valence-corrected chi connectivity index (χ2v) is 5.22. The highest BCUT2D eigenvalue weighted by molar-refractivity contribution is 5.90. The maximum Gasteiger partial charge on any atom is 0.510 e. The van der Waals surface area contributed by atoms with Crippen LogP contribution in [0.5, 0.6) is 5.75 Å². The number of ether oxygens (including phenoxy) is 3. The Balaban J connectivity index is 2.07. The van der Waals surface area contributed by atoms with Crippen LogP contribution < -0.4 is 21.5 Å². The van der Waals surface area contributed by atoms with Crippen molar-refractivity contribution < 1.29 is 23.8 Å². The van der Waals surface area contributed by atoms with E-state index in [0.717, 1.165) is 0 Å². The number of nitrogen functional groups attached to an aromatic ring is 1. The third-order valence-corrected chi connectivity index (χ3v) is 3.23. The largest absolute Gasteiger partial charge is 0.510 e. The summed E-state index contributed by atoms with van der Waals surface area (Å²) in [5, 5.41) is 10.7. The summed E-state index contributed by atoms with van der Waals surface area (Å²) in [5.41, 5.74) is 11.9. The minimum atomic E-state index is -0.864. The van der Waals surface area contributed by atoms with Gasteiger partial charge in [-0.05, 0) is 24.3 Å². The van der Waals surface area contributed by atoms with Crippen molar-refractivity contribution in [3.05, 3.63) is 36.4 Å². The van der Waals surface area contributed by atoms with Crippen LogP contribution >= 0.6 is 0 Å². The van der Waals surface area contributed by atoms with Crippen LogP contribution in [0.4, 0.5) is 27.8 Å². The first-order chi connectivity index (χ1) is 13.5. The number of nitrogens with one attached hydrogen (secondary N) is 1. The standard InChI is InChI=1S/C17H20N6O5/c1-26-17(25)28-10-27-13-5-3-2-4-11(13)22-23-12-6-7-14(21-16(12)19)20-15(24)8-9-18/h2-7H,8-10,18H2,1H3,(H3,19,20,21,24)/b23-22+. The summed E-state index contributed by atoms with van der Waals surface area (Å²) >= 11 is 0. The second kappa shape index (κ2) is 10.4. The molecule has 2 aromatic rings. The molecule has 0 saturated carbocycles. The number of amides is 1. The van der Waals surface area contributed by atoms with E-state index in [4.69, 9.17) is 16.2 Å². The fourth-order valence-electron chi connectivity index (χ4n) is 1.93. The van der Waals surface area contributed by atoms with E-state index < -0.39 is 6.16 Å². The number of benzene rings is 1. The summed E-state index contributed by atoms with van der Waals surface area (Å²) in [4.78, 5) is 26.5. The number of nitrogens with two attached hydrogens (primary N) is 2. The highest BCUT2D eigenvalue weighted by Gasteiger charge is 2.07. The Labute approximate surface area is 160 Å². The molecule has 2 rings (SSSR count). The molecule has 0 atom stereocenters. The molecule has 0 radical (unpaired) electrons. The molecule has 11 nitrogen and oxygen atoms in total. The lowest BCUT2D eigenvalue weighted by Gasteiger charge is -2.08. The Morgan fingerprint density at radius 3 is 2.61 bits per heavy atom. The molecule has 5 N–H and O–H groups in total. The second-order valence-electron chi connectivity index (χ2n) is 5.22. The number of carbonyl (C=O) groups excluding carboxylic acids is 2. The van der Waals surface area contributed by atoms with Gasteiger partial charge in [-0.3, -0.25) is 4.79 Å². The Morgan fingerprint density at radius 2 is 1.89 bits per heavy atom. The minimum absolute atomic E-state index is 0.0849. The number of hydrogen-bond donors (Lipinski definition) is 3. The number of anilines is 2. The number of pyridine rings is 1. The summed E-state index contributed by atoms with van der Waals surface area (Å²) in [6.45, 7) is -0.111. The van der Waals surface area contributed by atoms with E-state index in [1.54, 1.807) is 36.4 Å². The van der Waals surface area contributed by atoms with Gasteiger partial charge in [0.2, 0.25) is 12.7 Å². The molecule has 1 heterocycles. The average molecular weight is 388 g/mol. The van der Waals surface area contributed by atoms with Crippen molar-refractivity contribution in [3.8, 4) is 5.75 Å². The molecule has 1 aromatic heterocycles. The van der Waals surface area contributed by atoms with E-state index in [2.05, 4.69) is 30.0 Å². The molecule has 0 bridgehead atoms. The number of hydrogen-bond acceptors (Lipinski definition) is 10. The molecular weight excluding hydrogens is 368 g/mol. The van der Waals surface area contributed by atoms with Crippen molar-refractivity contribution in [2.45, 2.75) is 6.42 Å². The fraction of sp³-hybridized carbons (Fsp3) is 0.235. The topological polar surface area (TPSA) is 164 Å². The van der Waals surface area contributed by atoms with Crippen LogP contribution in [0.25, 0.3) is 0 Å². The summed E-state index contributed by atoms with van der Waals surface area (Å²) < 4.78 is 14.3. The smallest absolute Gasteiger partial charge is 0.455 e. The molecular formula is C17H20N6O5. The van der Waals surface area contributed by atoms with Crippen LogP contribution in [0.3, 0.4) is 0 Å². The molecule has 0 aliphatic carbocycles. The van der Waals surface area contributed by atoms with Gasteiger partial charge in [-0.1, -0.05) is 12.1 Å². The molecule has 11 heteroatoms. The zero-order chi connectivity index (χ0) is 20.4. The number of para-hydroxylation sites is 1. The number of carbonyl (C=O) groups is 2. The van der Waals surface area contributed by atoms with E-state index >= 15 is 0 Å². The van der Waals surface area contributed by atoms with Crippen LogP contribution in [0, 0.1) is 0 Å². The van der Waals surface area contributed by atoms with Gasteiger partial charge in [0.25, 0.3) is 0 Å². The molecule has 0 fully saturated rings. The molecule has 0 saturated heterocycles. The van der Waals surface area contributed by atoms with Crippen LogP contribution in [-0.2, 0) is 14.3 Å². The van der Waals surface area contributed by atoms with Gasteiger partial charge in [0.1, 0.15) is 17.2 Å². The molecule has 28 heavy (non-hydrogen) atoms. The lowest BCUT2D eigenvalue weighted by Crippen LogP contribution is -2.17. The van der Waals surface area contributed by atoms with Crippen molar-refractivity contribution >= 4 is 35.1 Å².